The summed E-state index contributed by atoms with van der Waals surface area (Å²) in [6, 6.07) is 3.15. The number of alkyl halides is 3. The van der Waals surface area contributed by atoms with Gasteiger partial charge in [0.25, 0.3) is 0 Å². The van der Waals surface area contributed by atoms with Gasteiger partial charge in [-0.15, -0.1) is 0 Å². The topological polar surface area (TPSA) is 30.2 Å². The van der Waals surface area contributed by atoms with Crippen LogP contribution in [-0.2, 0) is 0 Å². The fourth-order valence-corrected chi connectivity index (χ4v) is 0.877. The number of hydrogen-bond donors (Lipinski definition) is 0. The lowest BCUT2D eigenvalue weighted by Crippen LogP contribution is -2.02. The normalized spacial score (nSPS) is 12.2. The standard InChI is InChI=1S/C8H5Cl3O2/c9-8(10,11)4-3-6-2-1-5-13-7(6)12/h1-5H/b4-3+. The predicted octanol–water partition coefficient (Wildman–Crippen LogP) is 3.02. The second-order valence-electron chi connectivity index (χ2n) is 2.23. The van der Waals surface area contributed by atoms with Gasteiger partial charge in [0.2, 0.25) is 3.79 Å². The third-order valence-electron chi connectivity index (χ3n) is 1.22. The van der Waals surface area contributed by atoms with Crippen molar-refractivity contribution in [1.29, 1.82) is 0 Å². The van der Waals surface area contributed by atoms with E-state index in [-0.39, 0.29) is 0 Å². The summed E-state index contributed by atoms with van der Waals surface area (Å²) in [5.41, 5.74) is -0.123. The van der Waals surface area contributed by atoms with E-state index in [9.17, 15) is 4.79 Å². The van der Waals surface area contributed by atoms with Crippen LogP contribution in [0.15, 0.2) is 33.7 Å². The molecule has 2 nitrogen and oxygen atoms in total. The average Bonchev–Trinajstić information content (AvgIpc) is 2.01. The molecule has 0 aliphatic rings. The highest BCUT2D eigenvalue weighted by atomic mass is 35.6. The van der Waals surface area contributed by atoms with Gasteiger partial charge in [-0.25, -0.2) is 4.79 Å². The highest BCUT2D eigenvalue weighted by Crippen LogP contribution is 2.27. The molecule has 0 aliphatic heterocycles. The van der Waals surface area contributed by atoms with Gasteiger partial charge in [0.1, 0.15) is 0 Å². The lowest BCUT2D eigenvalue weighted by Gasteiger charge is -2.01. The first kappa shape index (κ1) is 10.6. The Hall–Kier alpha value is -0.440. The van der Waals surface area contributed by atoms with Crippen molar-refractivity contribution in [2.45, 2.75) is 3.79 Å². The van der Waals surface area contributed by atoms with E-state index in [1.165, 1.54) is 18.4 Å². The Morgan fingerprint density at radius 1 is 1.38 bits per heavy atom. The van der Waals surface area contributed by atoms with Crippen molar-refractivity contribution in [3.05, 3.63) is 40.5 Å². The molecule has 0 saturated heterocycles. The van der Waals surface area contributed by atoms with E-state index >= 15 is 0 Å². The maximum Gasteiger partial charge on any atom is 0.342 e. The smallest absolute Gasteiger partial charge is 0.342 e. The molecule has 0 saturated carbocycles. The van der Waals surface area contributed by atoms with E-state index in [1.54, 1.807) is 12.1 Å². The Morgan fingerprint density at radius 2 is 2.08 bits per heavy atom. The van der Waals surface area contributed by atoms with Crippen molar-refractivity contribution < 1.29 is 4.42 Å². The molecule has 0 atom stereocenters. The molecule has 0 aliphatic carbocycles. The van der Waals surface area contributed by atoms with Gasteiger partial charge in [0.05, 0.1) is 11.8 Å². The summed E-state index contributed by atoms with van der Waals surface area (Å²) >= 11 is 16.3. The molecular formula is C8H5Cl3O2. The van der Waals surface area contributed by atoms with E-state index in [0.717, 1.165) is 0 Å². The molecule has 0 bridgehead atoms. The van der Waals surface area contributed by atoms with Crippen molar-refractivity contribution in [2.24, 2.45) is 0 Å². The summed E-state index contributed by atoms with van der Waals surface area (Å²) in [4.78, 5) is 11.0. The molecule has 0 fully saturated rings. The molecule has 1 aromatic rings. The SMILES string of the molecule is O=c1occcc1/C=C/C(Cl)(Cl)Cl. The number of halogens is 3. The van der Waals surface area contributed by atoms with Crippen LogP contribution in [0, 0.1) is 0 Å². The van der Waals surface area contributed by atoms with Gasteiger partial charge in [-0.3, -0.25) is 0 Å². The molecule has 0 radical (unpaired) electrons. The molecule has 1 rings (SSSR count). The average molecular weight is 239 g/mol. The zero-order valence-corrected chi connectivity index (χ0v) is 8.60. The van der Waals surface area contributed by atoms with Gasteiger partial charge >= 0.3 is 5.63 Å². The van der Waals surface area contributed by atoms with Gasteiger partial charge in [-0.05, 0) is 24.3 Å². The molecule has 70 valence electrons. The van der Waals surface area contributed by atoms with Crippen molar-refractivity contribution in [1.82, 2.24) is 0 Å². The van der Waals surface area contributed by atoms with E-state index in [2.05, 4.69) is 4.42 Å². The van der Waals surface area contributed by atoms with Crippen molar-refractivity contribution in [3.63, 3.8) is 0 Å². The second kappa shape index (κ2) is 4.18. The highest BCUT2D eigenvalue weighted by molar-refractivity contribution is 6.69. The zero-order chi connectivity index (χ0) is 9.90. The van der Waals surface area contributed by atoms with Crippen molar-refractivity contribution in [3.8, 4) is 0 Å². The summed E-state index contributed by atoms with van der Waals surface area (Å²) < 4.78 is 3.09. The summed E-state index contributed by atoms with van der Waals surface area (Å²) in [6.45, 7) is 0. The minimum atomic E-state index is -1.50. The molecule has 0 unspecified atom stereocenters. The number of hydrogen-bond acceptors (Lipinski definition) is 2. The molecular weight excluding hydrogens is 234 g/mol. The fourth-order valence-electron chi connectivity index (χ4n) is 0.688. The largest absolute Gasteiger partial charge is 0.431 e. The molecule has 0 spiro atoms. The monoisotopic (exact) mass is 238 g/mol. The lowest BCUT2D eigenvalue weighted by atomic mass is 10.3. The lowest BCUT2D eigenvalue weighted by molar-refractivity contribution is 0.509. The summed E-state index contributed by atoms with van der Waals surface area (Å²) in [5.74, 6) is 0. The van der Waals surface area contributed by atoms with Gasteiger partial charge in [-0.1, -0.05) is 34.8 Å². The maximum absolute atomic E-state index is 11.0. The first-order chi connectivity index (χ1) is 5.99. The highest BCUT2D eigenvalue weighted by Gasteiger charge is 2.13. The Morgan fingerprint density at radius 3 is 2.62 bits per heavy atom. The molecule has 1 aromatic heterocycles. The third kappa shape index (κ3) is 3.85. The predicted molar refractivity (Wildman–Crippen MR) is 54.3 cm³/mol. The van der Waals surface area contributed by atoms with Crippen LogP contribution in [0.2, 0.25) is 0 Å². The number of allylic oxidation sites excluding steroid dienone is 1. The zero-order valence-electron chi connectivity index (χ0n) is 6.34. The quantitative estimate of drug-likeness (QED) is 0.705. The third-order valence-corrected chi connectivity index (χ3v) is 1.59. The van der Waals surface area contributed by atoms with Crippen LogP contribution in [0.25, 0.3) is 6.08 Å². The van der Waals surface area contributed by atoms with E-state index in [1.807, 2.05) is 0 Å². The minimum Gasteiger partial charge on any atom is -0.431 e. The molecule has 0 amide bonds. The van der Waals surface area contributed by atoms with Crippen LogP contribution >= 0.6 is 34.8 Å². The maximum atomic E-state index is 11.0. The molecule has 0 N–H and O–H groups in total. The van der Waals surface area contributed by atoms with Crippen LogP contribution in [0.4, 0.5) is 0 Å². The summed E-state index contributed by atoms with van der Waals surface area (Å²) in [5, 5.41) is 0. The first-order valence-corrected chi connectivity index (χ1v) is 4.46. The van der Waals surface area contributed by atoms with Crippen molar-refractivity contribution in [2.75, 3.05) is 0 Å². The van der Waals surface area contributed by atoms with Crippen LogP contribution in [-0.4, -0.2) is 3.79 Å². The van der Waals surface area contributed by atoms with Crippen LogP contribution in [0.5, 0.6) is 0 Å². The Balaban J connectivity index is 2.93. The summed E-state index contributed by atoms with van der Waals surface area (Å²) in [7, 11) is 0. The number of rotatable bonds is 1. The van der Waals surface area contributed by atoms with Gasteiger partial charge in [0, 0.05) is 0 Å². The van der Waals surface area contributed by atoms with E-state index < -0.39 is 9.42 Å². The van der Waals surface area contributed by atoms with Gasteiger partial charge in [0.15, 0.2) is 0 Å². The molecule has 13 heavy (non-hydrogen) atoms. The van der Waals surface area contributed by atoms with Crippen molar-refractivity contribution >= 4 is 40.9 Å². The molecule has 5 heteroatoms. The molecule has 0 aromatic carbocycles. The Bertz CT molecular complexity index is 362. The van der Waals surface area contributed by atoms with E-state index in [4.69, 9.17) is 34.8 Å². The Labute approximate surface area is 89.7 Å². The Kier molecular flexibility index (Phi) is 3.42. The van der Waals surface area contributed by atoms with E-state index in [0.29, 0.717) is 5.56 Å². The first-order valence-electron chi connectivity index (χ1n) is 3.33. The summed E-state index contributed by atoms with van der Waals surface area (Å²) in [6.07, 6.45) is 3.97. The van der Waals surface area contributed by atoms with Crippen LogP contribution < -0.4 is 5.63 Å². The fraction of sp³-hybridized carbons (Fsp3) is 0.125. The minimum absolute atomic E-state index is 0.342. The van der Waals surface area contributed by atoms with Gasteiger partial charge in [-0.2, -0.15) is 0 Å². The van der Waals surface area contributed by atoms with Crippen LogP contribution in [0.1, 0.15) is 5.56 Å². The van der Waals surface area contributed by atoms with Gasteiger partial charge < -0.3 is 4.42 Å². The molecule has 1 heterocycles. The van der Waals surface area contributed by atoms with Crippen LogP contribution in [0.3, 0.4) is 0 Å². The second-order valence-corrected chi connectivity index (χ2v) is 4.60.